The van der Waals surface area contributed by atoms with Crippen LogP contribution in [0.5, 0.6) is 0 Å². The van der Waals surface area contributed by atoms with Crippen LogP contribution in [-0.2, 0) is 4.79 Å². The van der Waals surface area contributed by atoms with Gasteiger partial charge < -0.3 is 10.8 Å². The van der Waals surface area contributed by atoms with Crippen molar-refractivity contribution in [2.45, 2.75) is 12.5 Å². The summed E-state index contributed by atoms with van der Waals surface area (Å²) in [7, 11) is 0. The first-order valence-corrected chi connectivity index (χ1v) is 5.14. The quantitative estimate of drug-likeness (QED) is 0.841. The SMILES string of the molecule is N[C@H](CC1=C[N]c2c(Cl)cccc21)C(=O)O. The fourth-order valence-corrected chi connectivity index (χ4v) is 1.83. The predicted molar refractivity (Wildman–Crippen MR) is 61.5 cm³/mol. The van der Waals surface area contributed by atoms with Crippen LogP contribution in [0.25, 0.3) is 5.57 Å². The van der Waals surface area contributed by atoms with E-state index in [0.29, 0.717) is 10.7 Å². The molecule has 1 aliphatic heterocycles. The first kappa shape index (κ1) is 11.0. The first-order chi connectivity index (χ1) is 7.59. The molecule has 5 heteroatoms. The molecule has 1 radical (unpaired) electrons. The van der Waals surface area contributed by atoms with Gasteiger partial charge in [-0.3, -0.25) is 10.1 Å². The maximum absolute atomic E-state index is 10.7. The molecule has 0 aromatic heterocycles. The number of aliphatic carboxylic acids is 1. The number of halogens is 1. The summed E-state index contributed by atoms with van der Waals surface area (Å²) >= 11 is 5.96. The number of nitrogens with zero attached hydrogens (tertiary/aromatic N) is 1. The molecule has 4 nitrogen and oxygen atoms in total. The summed E-state index contributed by atoms with van der Waals surface area (Å²) < 4.78 is 0. The van der Waals surface area contributed by atoms with Gasteiger partial charge in [0.25, 0.3) is 0 Å². The normalized spacial score (nSPS) is 15.0. The number of nitrogens with two attached hydrogens (primary N) is 1. The summed E-state index contributed by atoms with van der Waals surface area (Å²) in [5.74, 6) is -1.02. The average molecular weight is 238 g/mol. The van der Waals surface area contributed by atoms with E-state index in [1.54, 1.807) is 12.3 Å². The Kier molecular flexibility index (Phi) is 2.85. The number of benzene rings is 1. The zero-order chi connectivity index (χ0) is 11.7. The van der Waals surface area contributed by atoms with Gasteiger partial charge in [-0.1, -0.05) is 23.7 Å². The Labute approximate surface area is 97.7 Å². The summed E-state index contributed by atoms with van der Waals surface area (Å²) in [4.78, 5) is 10.7. The molecule has 83 valence electrons. The highest BCUT2D eigenvalue weighted by atomic mass is 35.5. The van der Waals surface area contributed by atoms with Gasteiger partial charge in [-0.05, 0) is 11.6 Å². The number of carbonyl (C=O) groups is 1. The Morgan fingerprint density at radius 2 is 2.31 bits per heavy atom. The molecule has 0 saturated heterocycles. The van der Waals surface area contributed by atoms with E-state index in [-0.39, 0.29) is 6.42 Å². The lowest BCUT2D eigenvalue weighted by Crippen LogP contribution is -2.30. The van der Waals surface area contributed by atoms with Gasteiger partial charge in [0.2, 0.25) is 0 Å². The van der Waals surface area contributed by atoms with Gasteiger partial charge >= 0.3 is 5.97 Å². The number of para-hydroxylation sites is 1. The minimum absolute atomic E-state index is 0.256. The Balaban J connectivity index is 2.23. The van der Waals surface area contributed by atoms with Crippen molar-refractivity contribution in [2.75, 3.05) is 0 Å². The molecule has 0 saturated carbocycles. The lowest BCUT2D eigenvalue weighted by molar-refractivity contribution is -0.138. The Morgan fingerprint density at radius 1 is 1.56 bits per heavy atom. The number of hydrogen-bond acceptors (Lipinski definition) is 2. The molecule has 1 aromatic rings. The Bertz CT molecular complexity index is 471. The van der Waals surface area contributed by atoms with Gasteiger partial charge in [0, 0.05) is 18.2 Å². The van der Waals surface area contributed by atoms with Gasteiger partial charge in [-0.25, -0.2) is 0 Å². The smallest absolute Gasteiger partial charge is 0.320 e. The van der Waals surface area contributed by atoms with Crippen LogP contribution < -0.4 is 11.1 Å². The minimum Gasteiger partial charge on any atom is -0.480 e. The first-order valence-electron chi connectivity index (χ1n) is 4.77. The van der Waals surface area contributed by atoms with Crippen molar-refractivity contribution < 1.29 is 9.90 Å². The molecule has 2 rings (SSSR count). The van der Waals surface area contributed by atoms with Crippen molar-refractivity contribution in [3.05, 3.63) is 35.0 Å². The fourth-order valence-electron chi connectivity index (χ4n) is 1.60. The minimum atomic E-state index is -1.02. The van der Waals surface area contributed by atoms with Gasteiger partial charge in [-0.15, -0.1) is 0 Å². The number of carboxylic acids is 1. The third-order valence-corrected chi connectivity index (χ3v) is 2.74. The van der Waals surface area contributed by atoms with E-state index in [0.717, 1.165) is 11.1 Å². The van der Waals surface area contributed by atoms with Crippen LogP contribution in [0.1, 0.15) is 12.0 Å². The molecule has 1 atom stereocenters. The molecule has 3 N–H and O–H groups in total. The van der Waals surface area contributed by atoms with E-state index in [4.69, 9.17) is 22.4 Å². The molecule has 1 heterocycles. The lowest BCUT2D eigenvalue weighted by Gasteiger charge is -2.08. The summed E-state index contributed by atoms with van der Waals surface area (Å²) in [6.07, 6.45) is 1.88. The highest BCUT2D eigenvalue weighted by Gasteiger charge is 2.22. The zero-order valence-electron chi connectivity index (χ0n) is 8.35. The van der Waals surface area contributed by atoms with Gasteiger partial charge in [0.15, 0.2) is 0 Å². The summed E-state index contributed by atoms with van der Waals surface area (Å²) in [6, 6.07) is 4.50. The average Bonchev–Trinajstić information content (AvgIpc) is 2.63. The summed E-state index contributed by atoms with van der Waals surface area (Å²) in [6.45, 7) is 0. The van der Waals surface area contributed by atoms with Gasteiger partial charge in [-0.2, -0.15) is 0 Å². The van der Waals surface area contributed by atoms with Crippen molar-refractivity contribution >= 4 is 28.8 Å². The van der Waals surface area contributed by atoms with Crippen LogP contribution in [0.2, 0.25) is 5.02 Å². The Hall–Kier alpha value is -1.52. The maximum atomic E-state index is 10.7. The van der Waals surface area contributed by atoms with E-state index >= 15 is 0 Å². The zero-order valence-corrected chi connectivity index (χ0v) is 9.11. The largest absolute Gasteiger partial charge is 0.480 e. The van der Waals surface area contributed by atoms with Crippen LogP contribution in [0.4, 0.5) is 5.69 Å². The van der Waals surface area contributed by atoms with Crippen molar-refractivity contribution in [1.82, 2.24) is 5.32 Å². The standard InChI is InChI=1S/C11H10ClN2O2/c12-8-3-1-2-7-6(5-14-10(7)8)4-9(13)11(15)16/h1-3,5,9H,4,13H2,(H,15,16)/t9-/m1/s1. The number of carboxylic acid groups (broad SMARTS) is 1. The third kappa shape index (κ3) is 1.89. The molecule has 0 bridgehead atoms. The third-order valence-electron chi connectivity index (χ3n) is 2.44. The van der Waals surface area contributed by atoms with Crippen molar-refractivity contribution in [3.63, 3.8) is 0 Å². The van der Waals surface area contributed by atoms with Crippen LogP contribution >= 0.6 is 11.6 Å². The lowest BCUT2D eigenvalue weighted by atomic mass is 10.0. The molecular formula is C11H10ClN2O2. The van der Waals surface area contributed by atoms with Crippen LogP contribution in [0, 0.1) is 0 Å². The van der Waals surface area contributed by atoms with E-state index in [1.807, 2.05) is 12.1 Å². The second kappa shape index (κ2) is 4.15. The molecule has 1 aromatic carbocycles. The second-order valence-electron chi connectivity index (χ2n) is 3.57. The molecule has 16 heavy (non-hydrogen) atoms. The van der Waals surface area contributed by atoms with E-state index in [2.05, 4.69) is 5.32 Å². The van der Waals surface area contributed by atoms with Crippen molar-refractivity contribution in [3.8, 4) is 0 Å². The van der Waals surface area contributed by atoms with Crippen LogP contribution in [0.15, 0.2) is 24.4 Å². The summed E-state index contributed by atoms with van der Waals surface area (Å²) in [5, 5.41) is 13.4. The van der Waals surface area contributed by atoms with Crippen LogP contribution in [-0.4, -0.2) is 17.1 Å². The highest BCUT2D eigenvalue weighted by Crippen LogP contribution is 2.37. The maximum Gasteiger partial charge on any atom is 0.320 e. The molecule has 0 fully saturated rings. The monoisotopic (exact) mass is 237 g/mol. The Morgan fingerprint density at radius 3 is 3.00 bits per heavy atom. The number of fused-ring (bicyclic) bond motifs is 1. The number of hydrogen-bond donors (Lipinski definition) is 2. The molecule has 0 spiro atoms. The highest BCUT2D eigenvalue weighted by molar-refractivity contribution is 6.33. The predicted octanol–water partition coefficient (Wildman–Crippen LogP) is 1.73. The number of rotatable bonds is 3. The van der Waals surface area contributed by atoms with E-state index in [9.17, 15) is 4.79 Å². The van der Waals surface area contributed by atoms with Gasteiger partial charge in [0.05, 0.1) is 10.7 Å². The van der Waals surface area contributed by atoms with Gasteiger partial charge in [0.1, 0.15) is 6.04 Å². The molecule has 0 unspecified atom stereocenters. The van der Waals surface area contributed by atoms with Crippen LogP contribution in [0.3, 0.4) is 0 Å². The molecule has 0 aliphatic carbocycles. The fraction of sp³-hybridized carbons (Fsp3) is 0.182. The van der Waals surface area contributed by atoms with Crippen molar-refractivity contribution in [1.29, 1.82) is 0 Å². The van der Waals surface area contributed by atoms with Crippen molar-refractivity contribution in [2.24, 2.45) is 5.73 Å². The van der Waals surface area contributed by atoms with E-state index < -0.39 is 12.0 Å². The second-order valence-corrected chi connectivity index (χ2v) is 3.98. The molecular weight excluding hydrogens is 228 g/mol. The molecule has 1 aliphatic rings. The topological polar surface area (TPSA) is 77.4 Å². The molecule has 0 amide bonds. The summed E-state index contributed by atoms with van der Waals surface area (Å²) in [5.41, 5.74) is 7.85. The van der Waals surface area contributed by atoms with E-state index in [1.165, 1.54) is 0 Å².